The molecular formula is C20H28N4O. The van der Waals surface area contributed by atoms with Gasteiger partial charge in [0.05, 0.1) is 18.3 Å². The first kappa shape index (κ1) is 16.8. The van der Waals surface area contributed by atoms with Crippen LogP contribution in [0.2, 0.25) is 0 Å². The molecule has 1 aliphatic carbocycles. The molecule has 1 aromatic heterocycles. The maximum atomic E-state index is 10.2. The fraction of sp³-hybridized carbons (Fsp3) is 0.550. The van der Waals surface area contributed by atoms with E-state index in [-0.39, 0.29) is 12.1 Å². The molecule has 2 fully saturated rings. The van der Waals surface area contributed by atoms with Gasteiger partial charge in [0.1, 0.15) is 0 Å². The maximum absolute atomic E-state index is 10.2. The second kappa shape index (κ2) is 7.28. The zero-order valence-electron chi connectivity index (χ0n) is 14.9. The fourth-order valence-corrected chi connectivity index (χ4v) is 4.14. The zero-order chi connectivity index (χ0) is 17.2. The molecule has 5 heteroatoms. The Morgan fingerprint density at radius 1 is 1.20 bits per heavy atom. The Kier molecular flexibility index (Phi) is 4.88. The molecule has 4 rings (SSSR count). The van der Waals surface area contributed by atoms with Crippen LogP contribution in [-0.2, 0) is 6.54 Å². The van der Waals surface area contributed by atoms with Crippen molar-refractivity contribution in [2.24, 2.45) is 0 Å². The van der Waals surface area contributed by atoms with Gasteiger partial charge in [0.2, 0.25) is 0 Å². The van der Waals surface area contributed by atoms with Crippen molar-refractivity contribution in [1.82, 2.24) is 20.0 Å². The fourth-order valence-electron chi connectivity index (χ4n) is 4.14. The topological polar surface area (TPSA) is 53.3 Å². The number of benzene rings is 1. The number of aliphatic hydroxyl groups excluding tert-OH is 1. The Bertz CT molecular complexity index is 678. The number of nitrogens with one attached hydrogen (secondary N) is 1. The first-order valence-electron chi connectivity index (χ1n) is 9.40. The van der Waals surface area contributed by atoms with Crippen molar-refractivity contribution in [3.63, 3.8) is 0 Å². The molecule has 134 valence electrons. The van der Waals surface area contributed by atoms with Crippen molar-refractivity contribution in [2.75, 3.05) is 13.1 Å². The monoisotopic (exact) mass is 340 g/mol. The highest BCUT2D eigenvalue weighted by molar-refractivity contribution is 5.14. The predicted octanol–water partition coefficient (Wildman–Crippen LogP) is 2.12. The van der Waals surface area contributed by atoms with Crippen molar-refractivity contribution in [1.29, 1.82) is 0 Å². The Labute approximate surface area is 149 Å². The van der Waals surface area contributed by atoms with E-state index in [2.05, 4.69) is 45.6 Å². The first-order chi connectivity index (χ1) is 12.2. The molecule has 0 amide bonds. The summed E-state index contributed by atoms with van der Waals surface area (Å²) in [5.74, 6) is 0. The molecule has 1 aliphatic heterocycles. The number of rotatable bonds is 5. The van der Waals surface area contributed by atoms with Gasteiger partial charge in [0.15, 0.2) is 0 Å². The van der Waals surface area contributed by atoms with Crippen LogP contribution >= 0.6 is 0 Å². The molecule has 1 saturated carbocycles. The summed E-state index contributed by atoms with van der Waals surface area (Å²) >= 11 is 0. The molecule has 0 unspecified atom stereocenters. The third-order valence-electron chi connectivity index (χ3n) is 5.62. The number of aromatic nitrogens is 2. The average molecular weight is 340 g/mol. The van der Waals surface area contributed by atoms with Gasteiger partial charge in [-0.1, -0.05) is 30.3 Å². The van der Waals surface area contributed by atoms with Gasteiger partial charge in [-0.05, 0) is 50.4 Å². The zero-order valence-corrected chi connectivity index (χ0v) is 14.9. The third kappa shape index (κ3) is 3.78. The van der Waals surface area contributed by atoms with E-state index in [4.69, 9.17) is 0 Å². The lowest BCUT2D eigenvalue weighted by Gasteiger charge is -2.45. The number of nitrogens with zero attached hydrogens (tertiary/aromatic N) is 3. The standard InChI is InChI=1S/C20H28N4O/c1-15-12-21-24(13-15)20-18(11-19(20)25)22-17-7-9-23(10-8-17)14-16-5-3-2-4-6-16/h2-6,12-13,17-20,22,25H,7-11,14H2,1H3/t18-,19+,20+/m0/s1. The van der Waals surface area contributed by atoms with Crippen LogP contribution in [0.5, 0.6) is 0 Å². The molecule has 2 heterocycles. The van der Waals surface area contributed by atoms with Crippen molar-refractivity contribution in [3.8, 4) is 0 Å². The van der Waals surface area contributed by atoms with Gasteiger partial charge in [-0.3, -0.25) is 9.58 Å². The number of aryl methyl sites for hydroxylation is 1. The molecule has 1 saturated heterocycles. The number of piperidine rings is 1. The Balaban J connectivity index is 1.27. The largest absolute Gasteiger partial charge is 0.391 e. The number of hydrogen-bond acceptors (Lipinski definition) is 4. The van der Waals surface area contributed by atoms with Crippen molar-refractivity contribution < 1.29 is 5.11 Å². The van der Waals surface area contributed by atoms with E-state index in [1.807, 2.05) is 24.0 Å². The summed E-state index contributed by atoms with van der Waals surface area (Å²) in [6, 6.07) is 11.7. The second-order valence-corrected chi connectivity index (χ2v) is 7.60. The van der Waals surface area contributed by atoms with Crippen LogP contribution in [0.4, 0.5) is 0 Å². The lowest BCUT2D eigenvalue weighted by Crippen LogP contribution is -2.58. The van der Waals surface area contributed by atoms with Crippen molar-refractivity contribution >= 4 is 0 Å². The van der Waals surface area contributed by atoms with E-state index in [1.54, 1.807) is 0 Å². The smallest absolute Gasteiger partial charge is 0.0932 e. The third-order valence-corrected chi connectivity index (χ3v) is 5.62. The summed E-state index contributed by atoms with van der Waals surface area (Å²) in [5.41, 5.74) is 2.54. The molecule has 2 aliphatic rings. The van der Waals surface area contributed by atoms with E-state index in [9.17, 15) is 5.11 Å². The minimum atomic E-state index is -0.282. The normalized spacial score (nSPS) is 28.0. The molecule has 0 radical (unpaired) electrons. The van der Waals surface area contributed by atoms with E-state index in [0.29, 0.717) is 12.1 Å². The summed E-state index contributed by atoms with van der Waals surface area (Å²) in [6.07, 6.45) is 6.78. The van der Waals surface area contributed by atoms with Crippen LogP contribution in [-0.4, -0.2) is 51.1 Å². The minimum absolute atomic E-state index is 0.0797. The van der Waals surface area contributed by atoms with Gasteiger partial charge in [0, 0.05) is 24.8 Å². The van der Waals surface area contributed by atoms with Crippen molar-refractivity contribution in [3.05, 3.63) is 53.9 Å². The lowest BCUT2D eigenvalue weighted by molar-refractivity contribution is -0.0147. The SMILES string of the molecule is Cc1cnn([C@H]2[C@H](O)C[C@@H]2NC2CCN(Cc3ccccc3)CC2)c1. The number of aliphatic hydroxyl groups is 1. The summed E-state index contributed by atoms with van der Waals surface area (Å²) in [7, 11) is 0. The van der Waals surface area contributed by atoms with Gasteiger partial charge >= 0.3 is 0 Å². The van der Waals surface area contributed by atoms with Gasteiger partial charge in [-0.2, -0.15) is 5.10 Å². The molecule has 2 N–H and O–H groups in total. The van der Waals surface area contributed by atoms with Crippen LogP contribution < -0.4 is 5.32 Å². The molecule has 3 atom stereocenters. The van der Waals surface area contributed by atoms with Gasteiger partial charge < -0.3 is 10.4 Å². The highest BCUT2D eigenvalue weighted by Gasteiger charge is 2.42. The number of likely N-dealkylation sites (tertiary alicyclic amines) is 1. The minimum Gasteiger partial charge on any atom is -0.391 e. The Morgan fingerprint density at radius 3 is 2.60 bits per heavy atom. The molecule has 5 nitrogen and oxygen atoms in total. The van der Waals surface area contributed by atoms with Crippen molar-refractivity contribution in [2.45, 2.75) is 57.0 Å². The van der Waals surface area contributed by atoms with Gasteiger partial charge in [0.25, 0.3) is 0 Å². The summed E-state index contributed by atoms with van der Waals surface area (Å²) in [6.45, 7) is 5.35. The summed E-state index contributed by atoms with van der Waals surface area (Å²) < 4.78 is 1.94. The van der Waals surface area contributed by atoms with Crippen LogP contribution in [0.1, 0.15) is 36.4 Å². The summed E-state index contributed by atoms with van der Waals surface area (Å²) in [5, 5.41) is 18.3. The van der Waals surface area contributed by atoms with Gasteiger partial charge in [-0.25, -0.2) is 0 Å². The van der Waals surface area contributed by atoms with E-state index in [1.165, 1.54) is 18.4 Å². The highest BCUT2D eigenvalue weighted by Crippen LogP contribution is 2.33. The first-order valence-corrected chi connectivity index (χ1v) is 9.40. The second-order valence-electron chi connectivity index (χ2n) is 7.60. The van der Waals surface area contributed by atoms with E-state index >= 15 is 0 Å². The molecule has 25 heavy (non-hydrogen) atoms. The Hall–Kier alpha value is -1.69. The highest BCUT2D eigenvalue weighted by atomic mass is 16.3. The quantitative estimate of drug-likeness (QED) is 0.875. The number of hydrogen-bond donors (Lipinski definition) is 2. The molecule has 0 bridgehead atoms. The van der Waals surface area contributed by atoms with Crippen LogP contribution in [0.25, 0.3) is 0 Å². The molecular weight excluding hydrogens is 312 g/mol. The molecule has 2 aromatic rings. The van der Waals surface area contributed by atoms with Crippen LogP contribution in [0, 0.1) is 6.92 Å². The van der Waals surface area contributed by atoms with Crippen LogP contribution in [0.15, 0.2) is 42.7 Å². The predicted molar refractivity (Wildman–Crippen MR) is 98.3 cm³/mol. The van der Waals surface area contributed by atoms with E-state index in [0.717, 1.165) is 31.6 Å². The molecule has 1 aromatic carbocycles. The lowest BCUT2D eigenvalue weighted by atomic mass is 9.82. The van der Waals surface area contributed by atoms with Crippen LogP contribution in [0.3, 0.4) is 0 Å². The summed E-state index contributed by atoms with van der Waals surface area (Å²) in [4.78, 5) is 2.54. The van der Waals surface area contributed by atoms with E-state index < -0.39 is 0 Å². The van der Waals surface area contributed by atoms with Gasteiger partial charge in [-0.15, -0.1) is 0 Å². The Morgan fingerprint density at radius 2 is 1.96 bits per heavy atom. The molecule has 0 spiro atoms. The average Bonchev–Trinajstić information content (AvgIpc) is 3.02. The maximum Gasteiger partial charge on any atom is 0.0932 e.